The highest BCUT2D eigenvalue weighted by atomic mass is 15.5. The zero-order valence-electron chi connectivity index (χ0n) is 8.80. The van der Waals surface area contributed by atoms with Crippen LogP contribution in [0.5, 0.6) is 0 Å². The number of hydrazine groups is 1. The Labute approximate surface area is 76.3 Å². The summed E-state index contributed by atoms with van der Waals surface area (Å²) < 4.78 is 0. The molecule has 0 aliphatic carbocycles. The molecule has 0 fully saturated rings. The topological polar surface area (TPSA) is 41.3 Å². The largest absolute Gasteiger partial charge is 0.301 e. The SMILES string of the molecule is CCCC(NCC)N(N)C(C)C. The molecule has 0 saturated carbocycles. The molecule has 3 heteroatoms. The average Bonchev–Trinajstić information content (AvgIpc) is 2.03. The third kappa shape index (κ3) is 4.04. The summed E-state index contributed by atoms with van der Waals surface area (Å²) in [5.41, 5.74) is 0. The number of nitrogens with one attached hydrogen (secondary N) is 1. The zero-order valence-corrected chi connectivity index (χ0v) is 8.80. The molecule has 0 saturated heterocycles. The van der Waals surface area contributed by atoms with Gasteiger partial charge in [0.15, 0.2) is 0 Å². The first-order valence-corrected chi connectivity index (χ1v) is 4.89. The van der Waals surface area contributed by atoms with Crippen LogP contribution >= 0.6 is 0 Å². The van der Waals surface area contributed by atoms with E-state index in [-0.39, 0.29) is 0 Å². The van der Waals surface area contributed by atoms with E-state index in [2.05, 4.69) is 33.0 Å². The van der Waals surface area contributed by atoms with Crippen molar-refractivity contribution in [1.82, 2.24) is 10.3 Å². The minimum Gasteiger partial charge on any atom is -0.301 e. The molecule has 0 rings (SSSR count). The van der Waals surface area contributed by atoms with Gasteiger partial charge >= 0.3 is 0 Å². The molecule has 0 aromatic heterocycles. The quantitative estimate of drug-likeness (QED) is 0.361. The minimum atomic E-state index is 0.333. The maximum atomic E-state index is 5.90. The van der Waals surface area contributed by atoms with Crippen molar-refractivity contribution in [2.45, 2.75) is 52.7 Å². The van der Waals surface area contributed by atoms with Gasteiger partial charge in [0, 0.05) is 6.04 Å². The van der Waals surface area contributed by atoms with Crippen LogP contribution in [-0.4, -0.2) is 23.8 Å². The molecule has 74 valence electrons. The van der Waals surface area contributed by atoms with Crippen molar-refractivity contribution in [3.63, 3.8) is 0 Å². The Kier molecular flexibility index (Phi) is 6.34. The summed E-state index contributed by atoms with van der Waals surface area (Å²) >= 11 is 0. The predicted molar refractivity (Wildman–Crippen MR) is 53.5 cm³/mol. The van der Waals surface area contributed by atoms with E-state index in [1.807, 2.05) is 5.01 Å². The van der Waals surface area contributed by atoms with Crippen LogP contribution in [0.25, 0.3) is 0 Å². The molecule has 0 bridgehead atoms. The molecule has 0 aromatic carbocycles. The first-order chi connectivity index (χ1) is 5.63. The number of nitrogens with two attached hydrogens (primary N) is 1. The van der Waals surface area contributed by atoms with Crippen molar-refractivity contribution in [3.05, 3.63) is 0 Å². The second kappa shape index (κ2) is 6.40. The van der Waals surface area contributed by atoms with Crippen LogP contribution in [0.3, 0.4) is 0 Å². The van der Waals surface area contributed by atoms with Gasteiger partial charge in [-0.15, -0.1) is 0 Å². The standard InChI is InChI=1S/C9H23N3/c1-5-7-9(11-6-2)12(10)8(3)4/h8-9,11H,5-7,10H2,1-4H3. The molecule has 0 radical (unpaired) electrons. The molecule has 0 aliphatic rings. The number of hydrogen-bond donors (Lipinski definition) is 2. The van der Waals surface area contributed by atoms with Gasteiger partial charge in [-0.05, 0) is 26.8 Å². The molecule has 0 spiro atoms. The molecule has 0 aromatic rings. The monoisotopic (exact) mass is 173 g/mol. The highest BCUT2D eigenvalue weighted by Gasteiger charge is 2.14. The maximum absolute atomic E-state index is 5.90. The smallest absolute Gasteiger partial charge is 0.0733 e. The third-order valence-corrected chi connectivity index (χ3v) is 1.96. The number of rotatable bonds is 6. The van der Waals surface area contributed by atoms with Gasteiger partial charge in [-0.2, -0.15) is 0 Å². The predicted octanol–water partition coefficient (Wildman–Crippen LogP) is 1.31. The van der Waals surface area contributed by atoms with E-state index in [0.717, 1.165) is 19.4 Å². The molecule has 0 heterocycles. The van der Waals surface area contributed by atoms with Gasteiger partial charge in [-0.25, -0.2) is 5.01 Å². The maximum Gasteiger partial charge on any atom is 0.0733 e. The van der Waals surface area contributed by atoms with Crippen LogP contribution < -0.4 is 11.2 Å². The third-order valence-electron chi connectivity index (χ3n) is 1.96. The molecule has 1 unspecified atom stereocenters. The normalized spacial score (nSPS) is 14.2. The van der Waals surface area contributed by atoms with Crippen molar-refractivity contribution >= 4 is 0 Å². The van der Waals surface area contributed by atoms with E-state index < -0.39 is 0 Å². The molecular formula is C9H23N3. The molecule has 0 amide bonds. The van der Waals surface area contributed by atoms with E-state index >= 15 is 0 Å². The Morgan fingerprint density at radius 2 is 1.92 bits per heavy atom. The fraction of sp³-hybridized carbons (Fsp3) is 1.00. The second-order valence-electron chi connectivity index (χ2n) is 3.40. The lowest BCUT2D eigenvalue weighted by atomic mass is 10.2. The molecule has 12 heavy (non-hydrogen) atoms. The van der Waals surface area contributed by atoms with Gasteiger partial charge in [0.1, 0.15) is 0 Å². The summed E-state index contributed by atoms with van der Waals surface area (Å²) in [5, 5.41) is 5.26. The van der Waals surface area contributed by atoms with Gasteiger partial charge in [-0.1, -0.05) is 20.3 Å². The van der Waals surface area contributed by atoms with Gasteiger partial charge < -0.3 is 5.32 Å². The first kappa shape index (κ1) is 11.9. The van der Waals surface area contributed by atoms with Crippen LogP contribution in [0.4, 0.5) is 0 Å². The summed E-state index contributed by atoms with van der Waals surface area (Å²) in [6, 6.07) is 0.403. The van der Waals surface area contributed by atoms with E-state index in [1.165, 1.54) is 0 Å². The Morgan fingerprint density at radius 1 is 1.33 bits per heavy atom. The highest BCUT2D eigenvalue weighted by Crippen LogP contribution is 2.03. The van der Waals surface area contributed by atoms with Crippen molar-refractivity contribution in [2.75, 3.05) is 6.54 Å². The summed E-state index contributed by atoms with van der Waals surface area (Å²) in [6.07, 6.45) is 2.61. The highest BCUT2D eigenvalue weighted by molar-refractivity contribution is 4.66. The zero-order chi connectivity index (χ0) is 9.56. The Balaban J connectivity index is 3.89. The summed E-state index contributed by atoms with van der Waals surface area (Å²) in [5.74, 6) is 5.90. The van der Waals surface area contributed by atoms with Gasteiger partial charge in [0.25, 0.3) is 0 Å². The van der Waals surface area contributed by atoms with Crippen LogP contribution in [0.2, 0.25) is 0 Å². The number of nitrogens with zero attached hydrogens (tertiary/aromatic N) is 1. The van der Waals surface area contributed by atoms with Crippen LogP contribution in [0.1, 0.15) is 40.5 Å². The average molecular weight is 173 g/mol. The minimum absolute atomic E-state index is 0.333. The Hall–Kier alpha value is -0.120. The molecule has 0 aliphatic heterocycles. The second-order valence-corrected chi connectivity index (χ2v) is 3.40. The van der Waals surface area contributed by atoms with Crippen molar-refractivity contribution < 1.29 is 0 Å². The molecule has 1 atom stereocenters. The van der Waals surface area contributed by atoms with E-state index in [1.54, 1.807) is 0 Å². The van der Waals surface area contributed by atoms with E-state index in [0.29, 0.717) is 12.2 Å². The first-order valence-electron chi connectivity index (χ1n) is 4.89. The summed E-state index contributed by atoms with van der Waals surface area (Å²) in [7, 11) is 0. The fourth-order valence-corrected chi connectivity index (χ4v) is 1.23. The van der Waals surface area contributed by atoms with E-state index in [4.69, 9.17) is 5.84 Å². The molecular weight excluding hydrogens is 150 g/mol. The van der Waals surface area contributed by atoms with Crippen molar-refractivity contribution in [3.8, 4) is 0 Å². The summed E-state index contributed by atoms with van der Waals surface area (Å²) in [4.78, 5) is 0. The molecule has 3 N–H and O–H groups in total. The summed E-state index contributed by atoms with van der Waals surface area (Å²) in [6.45, 7) is 9.49. The molecule has 3 nitrogen and oxygen atoms in total. The van der Waals surface area contributed by atoms with Crippen LogP contribution in [-0.2, 0) is 0 Å². The Bertz CT molecular complexity index is 97.9. The lowest BCUT2D eigenvalue weighted by Gasteiger charge is -2.30. The van der Waals surface area contributed by atoms with Crippen molar-refractivity contribution in [2.24, 2.45) is 5.84 Å². The van der Waals surface area contributed by atoms with Gasteiger partial charge in [0.2, 0.25) is 0 Å². The number of hydrogen-bond acceptors (Lipinski definition) is 3. The van der Waals surface area contributed by atoms with Crippen LogP contribution in [0.15, 0.2) is 0 Å². The van der Waals surface area contributed by atoms with Crippen molar-refractivity contribution in [1.29, 1.82) is 0 Å². The lowest BCUT2D eigenvalue weighted by Crippen LogP contribution is -2.52. The van der Waals surface area contributed by atoms with Crippen LogP contribution in [0, 0.1) is 0 Å². The fourth-order valence-electron chi connectivity index (χ4n) is 1.23. The van der Waals surface area contributed by atoms with E-state index in [9.17, 15) is 0 Å². The Morgan fingerprint density at radius 3 is 2.25 bits per heavy atom. The van der Waals surface area contributed by atoms with Gasteiger partial charge in [-0.3, -0.25) is 5.84 Å². The lowest BCUT2D eigenvalue weighted by molar-refractivity contribution is 0.121. The van der Waals surface area contributed by atoms with Gasteiger partial charge in [0.05, 0.1) is 6.17 Å².